The molecule has 3 heterocycles. The summed E-state index contributed by atoms with van der Waals surface area (Å²) >= 11 is 0. The normalized spacial score (nSPS) is 14.5. The molecule has 0 bridgehead atoms. The van der Waals surface area contributed by atoms with E-state index in [1.54, 1.807) is 4.90 Å². The van der Waals surface area contributed by atoms with E-state index in [1.165, 1.54) is 12.3 Å². The molecule has 0 unspecified atom stereocenters. The van der Waals surface area contributed by atoms with Gasteiger partial charge in [0.2, 0.25) is 5.95 Å². The summed E-state index contributed by atoms with van der Waals surface area (Å²) in [6.45, 7) is 7.06. The van der Waals surface area contributed by atoms with E-state index in [0.717, 1.165) is 24.3 Å². The predicted molar refractivity (Wildman–Crippen MR) is 93.2 cm³/mol. The van der Waals surface area contributed by atoms with Gasteiger partial charge in [0, 0.05) is 50.7 Å². The van der Waals surface area contributed by atoms with E-state index in [0.29, 0.717) is 32.1 Å². The van der Waals surface area contributed by atoms with Crippen molar-refractivity contribution in [3.8, 4) is 0 Å². The lowest BCUT2D eigenvalue weighted by Gasteiger charge is -2.35. The first-order valence-corrected chi connectivity index (χ1v) is 8.31. The summed E-state index contributed by atoms with van der Waals surface area (Å²) in [5.41, 5.74) is 1.17. The Morgan fingerprint density at radius 3 is 2.64 bits per heavy atom. The highest BCUT2D eigenvalue weighted by Gasteiger charge is 2.24. The lowest BCUT2D eigenvalue weighted by molar-refractivity contribution is 0.0745. The summed E-state index contributed by atoms with van der Waals surface area (Å²) in [7, 11) is 0. The molecule has 0 saturated carbocycles. The van der Waals surface area contributed by atoms with Gasteiger partial charge in [-0.1, -0.05) is 0 Å². The van der Waals surface area contributed by atoms with Crippen LogP contribution in [0.25, 0.3) is 0 Å². The summed E-state index contributed by atoms with van der Waals surface area (Å²) in [6.07, 6.45) is 2.48. The second kappa shape index (κ2) is 7.42. The predicted octanol–water partition coefficient (Wildman–Crippen LogP) is 1.71. The minimum absolute atomic E-state index is 0.204. The minimum atomic E-state index is -0.506. The van der Waals surface area contributed by atoms with Gasteiger partial charge in [0.15, 0.2) is 0 Å². The van der Waals surface area contributed by atoms with Crippen LogP contribution in [0.3, 0.4) is 0 Å². The number of nitrogens with zero attached hydrogens (tertiary/aromatic N) is 5. The quantitative estimate of drug-likeness (QED) is 0.910. The number of hydrogen-bond donors (Lipinski definition) is 1. The van der Waals surface area contributed by atoms with E-state index in [-0.39, 0.29) is 11.5 Å². The van der Waals surface area contributed by atoms with E-state index in [4.69, 9.17) is 0 Å². The third-order valence-electron chi connectivity index (χ3n) is 4.00. The third-order valence-corrected chi connectivity index (χ3v) is 4.00. The first kappa shape index (κ1) is 17.1. The summed E-state index contributed by atoms with van der Waals surface area (Å²) in [5.74, 6) is 0.753. The molecular formula is C17H21FN6O. The molecule has 7 nitrogen and oxygen atoms in total. The number of anilines is 2. The van der Waals surface area contributed by atoms with E-state index < -0.39 is 5.82 Å². The van der Waals surface area contributed by atoms with E-state index in [2.05, 4.69) is 25.2 Å². The van der Waals surface area contributed by atoms with Crippen LogP contribution in [-0.4, -0.2) is 58.5 Å². The maximum absolute atomic E-state index is 13.3. The van der Waals surface area contributed by atoms with Crippen molar-refractivity contribution in [1.82, 2.24) is 19.9 Å². The van der Waals surface area contributed by atoms with Gasteiger partial charge in [0.25, 0.3) is 5.91 Å². The SMILES string of the molecule is CCNc1cc(C)nc(N2CCN(C(=O)c3cncc(F)c3)CC2)n1. The number of carbonyl (C=O) groups excluding carboxylic acids is 1. The second-order valence-corrected chi connectivity index (χ2v) is 5.90. The number of aromatic nitrogens is 3. The third kappa shape index (κ3) is 4.01. The smallest absolute Gasteiger partial charge is 0.255 e. The molecule has 1 aliphatic rings. The molecule has 0 aromatic carbocycles. The molecule has 2 aromatic rings. The van der Waals surface area contributed by atoms with Gasteiger partial charge in [-0.15, -0.1) is 0 Å². The zero-order chi connectivity index (χ0) is 17.8. The number of halogens is 1. The van der Waals surface area contributed by atoms with Crippen molar-refractivity contribution in [2.45, 2.75) is 13.8 Å². The number of nitrogens with one attached hydrogen (secondary N) is 1. The van der Waals surface area contributed by atoms with Crippen LogP contribution in [0.2, 0.25) is 0 Å². The van der Waals surface area contributed by atoms with Crippen LogP contribution in [0.4, 0.5) is 16.2 Å². The Kier molecular flexibility index (Phi) is 5.06. The molecule has 132 valence electrons. The Morgan fingerprint density at radius 2 is 1.96 bits per heavy atom. The zero-order valence-corrected chi connectivity index (χ0v) is 14.4. The van der Waals surface area contributed by atoms with E-state index >= 15 is 0 Å². The maximum Gasteiger partial charge on any atom is 0.255 e. The summed E-state index contributed by atoms with van der Waals surface area (Å²) in [4.78, 5) is 29.0. The summed E-state index contributed by atoms with van der Waals surface area (Å²) < 4.78 is 13.3. The van der Waals surface area contributed by atoms with Gasteiger partial charge in [-0.2, -0.15) is 4.98 Å². The van der Waals surface area contributed by atoms with E-state index in [1.807, 2.05) is 19.9 Å². The van der Waals surface area contributed by atoms with Crippen LogP contribution in [0.15, 0.2) is 24.5 Å². The molecule has 1 N–H and O–H groups in total. The number of carbonyl (C=O) groups is 1. The van der Waals surface area contributed by atoms with Gasteiger partial charge < -0.3 is 15.1 Å². The number of aryl methyl sites for hydroxylation is 1. The van der Waals surface area contributed by atoms with Gasteiger partial charge in [-0.3, -0.25) is 9.78 Å². The molecular weight excluding hydrogens is 323 g/mol. The van der Waals surface area contributed by atoms with Gasteiger partial charge in [0.05, 0.1) is 11.8 Å². The molecule has 0 spiro atoms. The van der Waals surface area contributed by atoms with Crippen LogP contribution in [0.5, 0.6) is 0 Å². The highest BCUT2D eigenvalue weighted by atomic mass is 19.1. The van der Waals surface area contributed by atoms with Crippen LogP contribution in [0, 0.1) is 12.7 Å². The second-order valence-electron chi connectivity index (χ2n) is 5.90. The first-order chi connectivity index (χ1) is 12.1. The Bertz CT molecular complexity index is 761. The fourth-order valence-corrected chi connectivity index (χ4v) is 2.79. The van der Waals surface area contributed by atoms with Crippen molar-refractivity contribution < 1.29 is 9.18 Å². The maximum atomic E-state index is 13.3. The van der Waals surface area contributed by atoms with Gasteiger partial charge in [-0.25, -0.2) is 9.37 Å². The highest BCUT2D eigenvalue weighted by Crippen LogP contribution is 2.17. The number of amides is 1. The van der Waals surface area contributed by atoms with Gasteiger partial charge in [0.1, 0.15) is 11.6 Å². The van der Waals surface area contributed by atoms with Crippen LogP contribution in [0.1, 0.15) is 23.0 Å². The fraction of sp³-hybridized carbons (Fsp3) is 0.412. The largest absolute Gasteiger partial charge is 0.370 e. The fourth-order valence-electron chi connectivity index (χ4n) is 2.79. The topological polar surface area (TPSA) is 74.2 Å². The molecule has 1 fully saturated rings. The van der Waals surface area contributed by atoms with Crippen LogP contribution in [-0.2, 0) is 0 Å². The van der Waals surface area contributed by atoms with Crippen molar-refractivity contribution in [3.05, 3.63) is 41.6 Å². The number of rotatable bonds is 4. The molecule has 1 saturated heterocycles. The Morgan fingerprint density at radius 1 is 1.20 bits per heavy atom. The van der Waals surface area contributed by atoms with Crippen molar-refractivity contribution in [1.29, 1.82) is 0 Å². The Balaban J connectivity index is 1.66. The average molecular weight is 344 g/mol. The molecule has 3 rings (SSSR count). The molecule has 2 aromatic heterocycles. The molecule has 0 aliphatic carbocycles. The molecule has 25 heavy (non-hydrogen) atoms. The number of pyridine rings is 1. The van der Waals surface area contributed by atoms with Crippen molar-refractivity contribution in [3.63, 3.8) is 0 Å². The summed E-state index contributed by atoms with van der Waals surface area (Å²) in [5, 5.41) is 3.20. The van der Waals surface area contributed by atoms with Gasteiger partial charge in [-0.05, 0) is 19.9 Å². The molecule has 0 atom stereocenters. The van der Waals surface area contributed by atoms with Crippen molar-refractivity contribution >= 4 is 17.7 Å². The molecule has 0 radical (unpaired) electrons. The molecule has 1 aliphatic heterocycles. The van der Waals surface area contributed by atoms with E-state index in [9.17, 15) is 9.18 Å². The average Bonchev–Trinajstić information content (AvgIpc) is 2.61. The number of piperazine rings is 1. The lowest BCUT2D eigenvalue weighted by atomic mass is 10.2. The summed E-state index contributed by atoms with van der Waals surface area (Å²) in [6, 6.07) is 3.12. The van der Waals surface area contributed by atoms with Crippen molar-refractivity contribution in [2.24, 2.45) is 0 Å². The monoisotopic (exact) mass is 344 g/mol. The molecule has 8 heteroatoms. The highest BCUT2D eigenvalue weighted by molar-refractivity contribution is 5.94. The first-order valence-electron chi connectivity index (χ1n) is 8.31. The zero-order valence-electron chi connectivity index (χ0n) is 14.4. The standard InChI is InChI=1S/C17H21FN6O/c1-3-20-15-8-12(2)21-17(22-15)24-6-4-23(5-7-24)16(25)13-9-14(18)11-19-10-13/h8-11H,3-7H2,1-2H3,(H,20,21,22). The Labute approximate surface area is 145 Å². The van der Waals surface area contributed by atoms with Crippen LogP contribution >= 0.6 is 0 Å². The minimum Gasteiger partial charge on any atom is -0.370 e. The Hall–Kier alpha value is -2.77. The van der Waals surface area contributed by atoms with Gasteiger partial charge >= 0.3 is 0 Å². The lowest BCUT2D eigenvalue weighted by Crippen LogP contribution is -2.49. The number of hydrogen-bond acceptors (Lipinski definition) is 6. The van der Waals surface area contributed by atoms with Crippen molar-refractivity contribution in [2.75, 3.05) is 42.9 Å². The van der Waals surface area contributed by atoms with Crippen LogP contribution < -0.4 is 10.2 Å². The molecule has 1 amide bonds.